The minimum atomic E-state index is -3.51. The van der Waals surface area contributed by atoms with Crippen LogP contribution in [0.25, 0.3) is 0 Å². The highest BCUT2D eigenvalue weighted by atomic mass is 32.2. The van der Waals surface area contributed by atoms with Gasteiger partial charge in [0.2, 0.25) is 0 Å². The molecule has 8 nitrogen and oxygen atoms in total. The van der Waals surface area contributed by atoms with Crippen molar-refractivity contribution < 1.29 is 22.1 Å². The number of hydrogen-bond donors (Lipinski definition) is 1. The molecular formula is C11H19N3O5S. The number of nitrogens with two attached hydrogens (primary N) is 1. The van der Waals surface area contributed by atoms with Gasteiger partial charge in [0.05, 0.1) is 31.7 Å². The Hall–Kier alpha value is -1.61. The number of hydrogen-bond acceptors (Lipinski definition) is 7. The molecule has 1 aromatic rings. The van der Waals surface area contributed by atoms with Crippen LogP contribution in [0.2, 0.25) is 0 Å². The van der Waals surface area contributed by atoms with E-state index in [9.17, 15) is 13.2 Å². The van der Waals surface area contributed by atoms with Gasteiger partial charge < -0.3 is 10.5 Å². The molecule has 1 heterocycles. The maximum Gasteiger partial charge on any atom is 0.343 e. The third-order valence-electron chi connectivity index (χ3n) is 2.48. The minimum absolute atomic E-state index is 0.101. The van der Waals surface area contributed by atoms with Crippen LogP contribution in [0.3, 0.4) is 0 Å². The molecule has 1 rings (SSSR count). The van der Waals surface area contributed by atoms with Crippen molar-refractivity contribution in [1.82, 2.24) is 9.78 Å². The van der Waals surface area contributed by atoms with Gasteiger partial charge in [0.1, 0.15) is 11.4 Å². The van der Waals surface area contributed by atoms with E-state index in [-0.39, 0.29) is 31.1 Å². The number of carbonyl (C=O) groups is 1. The van der Waals surface area contributed by atoms with E-state index >= 15 is 0 Å². The highest BCUT2D eigenvalue weighted by molar-refractivity contribution is 7.85. The zero-order chi connectivity index (χ0) is 15.3. The van der Waals surface area contributed by atoms with Gasteiger partial charge in [-0.15, -0.1) is 0 Å². The summed E-state index contributed by atoms with van der Waals surface area (Å²) in [6.07, 6.45) is 1.47. The first-order chi connectivity index (χ1) is 9.30. The van der Waals surface area contributed by atoms with E-state index in [0.29, 0.717) is 12.1 Å². The summed E-state index contributed by atoms with van der Waals surface area (Å²) >= 11 is 0. The van der Waals surface area contributed by atoms with E-state index in [2.05, 4.69) is 9.28 Å². The number of esters is 1. The van der Waals surface area contributed by atoms with Crippen molar-refractivity contribution >= 4 is 21.9 Å². The van der Waals surface area contributed by atoms with Gasteiger partial charge in [0.25, 0.3) is 10.1 Å². The summed E-state index contributed by atoms with van der Waals surface area (Å²) in [5, 5.41) is 4.17. The maximum atomic E-state index is 11.8. The standard InChI is InChI=1S/C11H19N3O5S/c1-4-8-9(11(15)18-5-2)10(12)14(13-8)6-7-19-20(3,16)17/h4-7,12H2,1-3H3. The molecule has 2 N–H and O–H groups in total. The number of anilines is 1. The second kappa shape index (κ2) is 6.71. The first kappa shape index (κ1) is 16.4. The summed E-state index contributed by atoms with van der Waals surface area (Å²) in [5.74, 6) is -0.380. The Morgan fingerprint density at radius 1 is 1.40 bits per heavy atom. The van der Waals surface area contributed by atoms with Gasteiger partial charge in [0.15, 0.2) is 0 Å². The van der Waals surface area contributed by atoms with Gasteiger partial charge in [-0.05, 0) is 13.3 Å². The van der Waals surface area contributed by atoms with E-state index in [1.807, 2.05) is 6.92 Å². The highest BCUT2D eigenvalue weighted by Gasteiger charge is 2.22. The van der Waals surface area contributed by atoms with Crippen LogP contribution >= 0.6 is 0 Å². The number of carbonyl (C=O) groups excluding carboxylic acids is 1. The fraction of sp³-hybridized carbons (Fsp3) is 0.636. The zero-order valence-corrected chi connectivity index (χ0v) is 12.6. The zero-order valence-electron chi connectivity index (χ0n) is 11.7. The molecule has 0 aliphatic rings. The lowest BCUT2D eigenvalue weighted by Gasteiger charge is -2.05. The lowest BCUT2D eigenvalue weighted by Crippen LogP contribution is -2.14. The second-order valence-electron chi connectivity index (χ2n) is 4.03. The van der Waals surface area contributed by atoms with Gasteiger partial charge in [-0.25, -0.2) is 9.48 Å². The molecule has 0 amide bonds. The minimum Gasteiger partial charge on any atom is -0.462 e. The normalized spacial score (nSPS) is 11.6. The average molecular weight is 305 g/mol. The monoisotopic (exact) mass is 305 g/mol. The molecule has 0 unspecified atom stereocenters. The van der Waals surface area contributed by atoms with Crippen molar-refractivity contribution in [2.45, 2.75) is 26.8 Å². The van der Waals surface area contributed by atoms with E-state index in [4.69, 9.17) is 10.5 Å². The third-order valence-corrected chi connectivity index (χ3v) is 3.07. The van der Waals surface area contributed by atoms with Crippen LogP contribution in [0, 0.1) is 0 Å². The molecule has 0 bridgehead atoms. The number of aryl methyl sites for hydroxylation is 1. The van der Waals surface area contributed by atoms with Crippen molar-refractivity contribution in [2.24, 2.45) is 0 Å². The molecular weight excluding hydrogens is 286 g/mol. The molecule has 9 heteroatoms. The summed E-state index contributed by atoms with van der Waals surface area (Å²) < 4.78 is 32.6. The van der Waals surface area contributed by atoms with Crippen molar-refractivity contribution in [1.29, 1.82) is 0 Å². The van der Waals surface area contributed by atoms with Crippen LogP contribution in [0.4, 0.5) is 5.82 Å². The van der Waals surface area contributed by atoms with Crippen molar-refractivity contribution in [3.8, 4) is 0 Å². The SMILES string of the molecule is CCOC(=O)c1c(CC)nn(CCOS(C)(=O)=O)c1N. The summed E-state index contributed by atoms with van der Waals surface area (Å²) in [6, 6.07) is 0. The Morgan fingerprint density at radius 3 is 2.55 bits per heavy atom. The first-order valence-corrected chi connectivity index (χ1v) is 7.98. The molecule has 0 spiro atoms. The number of ether oxygens (including phenoxy) is 1. The Kier molecular flexibility index (Phi) is 5.52. The molecule has 0 saturated heterocycles. The van der Waals surface area contributed by atoms with Crippen LogP contribution in [-0.2, 0) is 32.0 Å². The molecule has 0 atom stereocenters. The molecule has 114 valence electrons. The second-order valence-corrected chi connectivity index (χ2v) is 5.67. The average Bonchev–Trinajstić information content (AvgIpc) is 2.65. The predicted octanol–water partition coefficient (Wildman–Crippen LogP) is 0.181. The molecule has 0 radical (unpaired) electrons. The Bertz CT molecular complexity index is 579. The lowest BCUT2D eigenvalue weighted by atomic mass is 10.2. The molecule has 20 heavy (non-hydrogen) atoms. The molecule has 0 saturated carbocycles. The van der Waals surface area contributed by atoms with E-state index in [0.717, 1.165) is 6.26 Å². The van der Waals surface area contributed by atoms with E-state index < -0.39 is 16.1 Å². The molecule has 0 aliphatic heterocycles. The van der Waals surface area contributed by atoms with Gasteiger partial charge in [-0.1, -0.05) is 6.92 Å². The van der Waals surface area contributed by atoms with Crippen molar-refractivity contribution in [2.75, 3.05) is 25.2 Å². The van der Waals surface area contributed by atoms with Gasteiger partial charge in [-0.3, -0.25) is 4.18 Å². The first-order valence-electron chi connectivity index (χ1n) is 6.16. The maximum absolute atomic E-state index is 11.8. The molecule has 0 aromatic carbocycles. The van der Waals surface area contributed by atoms with Crippen molar-refractivity contribution in [3.05, 3.63) is 11.3 Å². The molecule has 1 aromatic heterocycles. The van der Waals surface area contributed by atoms with Gasteiger partial charge in [0, 0.05) is 0 Å². The van der Waals surface area contributed by atoms with Gasteiger partial charge in [-0.2, -0.15) is 13.5 Å². The quantitative estimate of drug-likeness (QED) is 0.564. The number of nitrogens with zero attached hydrogens (tertiary/aromatic N) is 2. The molecule has 0 aliphatic carbocycles. The summed E-state index contributed by atoms with van der Waals surface area (Å²) in [5.41, 5.74) is 6.60. The fourth-order valence-electron chi connectivity index (χ4n) is 1.65. The largest absolute Gasteiger partial charge is 0.462 e. The Balaban J connectivity index is 2.91. The summed E-state index contributed by atoms with van der Waals surface area (Å²) in [6.45, 7) is 3.80. The van der Waals surface area contributed by atoms with Crippen LogP contribution in [0.1, 0.15) is 29.9 Å². The number of aromatic nitrogens is 2. The number of rotatable bonds is 7. The lowest BCUT2D eigenvalue weighted by molar-refractivity contribution is 0.0526. The van der Waals surface area contributed by atoms with Crippen LogP contribution < -0.4 is 5.73 Å². The summed E-state index contributed by atoms with van der Waals surface area (Å²) in [4.78, 5) is 11.8. The van der Waals surface area contributed by atoms with Crippen LogP contribution in [0.5, 0.6) is 0 Å². The molecule has 0 fully saturated rings. The fourth-order valence-corrected chi connectivity index (χ4v) is 2.02. The van der Waals surface area contributed by atoms with Crippen LogP contribution in [0.15, 0.2) is 0 Å². The van der Waals surface area contributed by atoms with Gasteiger partial charge >= 0.3 is 5.97 Å². The smallest absolute Gasteiger partial charge is 0.343 e. The third kappa shape index (κ3) is 4.20. The van der Waals surface area contributed by atoms with E-state index in [1.54, 1.807) is 6.92 Å². The predicted molar refractivity (Wildman–Crippen MR) is 72.8 cm³/mol. The van der Waals surface area contributed by atoms with E-state index in [1.165, 1.54) is 4.68 Å². The number of nitrogen functional groups attached to an aromatic ring is 1. The topological polar surface area (TPSA) is 114 Å². The Morgan fingerprint density at radius 2 is 2.05 bits per heavy atom. The Labute approximate surface area is 118 Å². The highest BCUT2D eigenvalue weighted by Crippen LogP contribution is 2.19. The van der Waals surface area contributed by atoms with Crippen molar-refractivity contribution in [3.63, 3.8) is 0 Å². The van der Waals surface area contributed by atoms with Crippen LogP contribution in [-0.4, -0.2) is 43.6 Å². The summed E-state index contributed by atoms with van der Waals surface area (Å²) in [7, 11) is -3.51.